The molecule has 7 nitrogen and oxygen atoms in total. The van der Waals surface area contributed by atoms with E-state index in [1.165, 1.54) is 30.3 Å². The number of aryl methyl sites for hydroxylation is 1. The maximum absolute atomic E-state index is 13.2. The van der Waals surface area contributed by atoms with E-state index in [2.05, 4.69) is 10.1 Å². The molecule has 0 spiro atoms. The molecule has 9 heteroatoms. The highest BCUT2D eigenvalue weighted by Crippen LogP contribution is 2.24. The van der Waals surface area contributed by atoms with Gasteiger partial charge in [-0.15, -0.1) is 11.8 Å². The zero-order chi connectivity index (χ0) is 21.3. The summed E-state index contributed by atoms with van der Waals surface area (Å²) >= 11 is 1.30. The van der Waals surface area contributed by atoms with Crippen molar-refractivity contribution in [2.75, 3.05) is 12.4 Å². The van der Waals surface area contributed by atoms with Gasteiger partial charge >= 0.3 is 5.97 Å². The Morgan fingerprint density at radius 1 is 1.23 bits per heavy atom. The van der Waals surface area contributed by atoms with Crippen LogP contribution in [0.15, 0.2) is 28.8 Å². The van der Waals surface area contributed by atoms with Crippen molar-refractivity contribution in [2.45, 2.75) is 57.4 Å². The highest BCUT2D eigenvalue weighted by atomic mass is 32.2. The number of amides is 1. The summed E-state index contributed by atoms with van der Waals surface area (Å²) in [5.41, 5.74) is 0.854. The van der Waals surface area contributed by atoms with E-state index >= 15 is 0 Å². The molecule has 30 heavy (non-hydrogen) atoms. The molecule has 3 rings (SSSR count). The number of rotatable bonds is 9. The molecule has 2 aromatic rings. The summed E-state index contributed by atoms with van der Waals surface area (Å²) in [6, 6.07) is 6.26. The molecule has 0 radical (unpaired) electrons. The van der Waals surface area contributed by atoms with Crippen LogP contribution in [0.2, 0.25) is 0 Å². The number of hydrogen-bond donors (Lipinski definition) is 0. The standard InChI is InChI=1S/C21H26FN3O4S/c1-15-23-19(24-29-15)13-30-14-21(27)28-12-20(26)25(18-5-3-2-4-6-18)11-16-7-9-17(22)10-8-16/h7-10,18H,2-6,11-14H2,1H3. The molecule has 0 atom stereocenters. The van der Waals surface area contributed by atoms with Crippen LogP contribution in [-0.4, -0.2) is 45.3 Å². The molecule has 1 heterocycles. The molecule has 1 fully saturated rings. The zero-order valence-corrected chi connectivity index (χ0v) is 17.8. The molecule has 1 amide bonds. The molecular weight excluding hydrogens is 409 g/mol. The Morgan fingerprint density at radius 3 is 2.63 bits per heavy atom. The van der Waals surface area contributed by atoms with Crippen molar-refractivity contribution in [1.29, 1.82) is 0 Å². The second kappa shape index (κ2) is 11.1. The van der Waals surface area contributed by atoms with Gasteiger partial charge in [0.15, 0.2) is 12.4 Å². The van der Waals surface area contributed by atoms with E-state index in [9.17, 15) is 14.0 Å². The molecule has 1 aliphatic rings. The van der Waals surface area contributed by atoms with Gasteiger partial charge in [0.25, 0.3) is 5.91 Å². The van der Waals surface area contributed by atoms with Crippen LogP contribution in [0.3, 0.4) is 0 Å². The van der Waals surface area contributed by atoms with Crippen LogP contribution in [0.1, 0.15) is 49.4 Å². The first-order valence-corrected chi connectivity index (χ1v) is 11.2. The van der Waals surface area contributed by atoms with Crippen LogP contribution in [0.25, 0.3) is 0 Å². The van der Waals surface area contributed by atoms with Gasteiger partial charge in [-0.3, -0.25) is 9.59 Å². The van der Waals surface area contributed by atoms with Gasteiger partial charge in [-0.25, -0.2) is 4.39 Å². The lowest BCUT2D eigenvalue weighted by molar-refractivity contribution is -0.151. The predicted molar refractivity (Wildman–Crippen MR) is 110 cm³/mol. The lowest BCUT2D eigenvalue weighted by Gasteiger charge is -2.34. The fourth-order valence-electron chi connectivity index (χ4n) is 3.49. The summed E-state index contributed by atoms with van der Waals surface area (Å²) in [5, 5.41) is 3.76. The fourth-order valence-corrected chi connectivity index (χ4v) is 4.14. The first kappa shape index (κ1) is 22.3. The minimum atomic E-state index is -0.459. The smallest absolute Gasteiger partial charge is 0.316 e. The van der Waals surface area contributed by atoms with E-state index in [1.54, 1.807) is 24.0 Å². The maximum atomic E-state index is 13.2. The number of aromatic nitrogens is 2. The van der Waals surface area contributed by atoms with Crippen LogP contribution in [-0.2, 0) is 26.6 Å². The average Bonchev–Trinajstić information content (AvgIpc) is 3.17. The lowest BCUT2D eigenvalue weighted by atomic mass is 9.93. The van der Waals surface area contributed by atoms with Crippen molar-refractivity contribution >= 4 is 23.6 Å². The average molecular weight is 436 g/mol. The van der Waals surface area contributed by atoms with Crippen molar-refractivity contribution < 1.29 is 23.2 Å². The molecular formula is C21H26FN3O4S. The molecule has 1 aromatic heterocycles. The number of ether oxygens (including phenoxy) is 1. The van der Waals surface area contributed by atoms with Crippen LogP contribution >= 0.6 is 11.8 Å². The molecule has 1 saturated carbocycles. The second-order valence-corrected chi connectivity index (χ2v) is 8.31. The van der Waals surface area contributed by atoms with Crippen molar-refractivity contribution in [3.63, 3.8) is 0 Å². The third-order valence-corrected chi connectivity index (χ3v) is 5.88. The van der Waals surface area contributed by atoms with Gasteiger partial charge in [0.1, 0.15) is 5.82 Å². The monoisotopic (exact) mass is 435 g/mol. The highest BCUT2D eigenvalue weighted by molar-refractivity contribution is 7.99. The highest BCUT2D eigenvalue weighted by Gasteiger charge is 2.26. The van der Waals surface area contributed by atoms with Crippen molar-refractivity contribution in [3.8, 4) is 0 Å². The fraction of sp³-hybridized carbons (Fsp3) is 0.524. The summed E-state index contributed by atoms with van der Waals surface area (Å²) in [6.45, 7) is 1.79. The Bertz CT molecular complexity index is 837. The SMILES string of the molecule is Cc1nc(CSCC(=O)OCC(=O)N(Cc2ccc(F)cc2)C2CCCCC2)no1. The van der Waals surface area contributed by atoms with Crippen LogP contribution in [0.4, 0.5) is 4.39 Å². The molecule has 0 aliphatic heterocycles. The molecule has 1 aromatic carbocycles. The molecule has 1 aliphatic carbocycles. The van der Waals surface area contributed by atoms with E-state index in [1.807, 2.05) is 0 Å². The number of halogens is 1. The minimum Gasteiger partial charge on any atom is -0.455 e. The van der Waals surface area contributed by atoms with Crippen LogP contribution in [0, 0.1) is 12.7 Å². The number of carbonyl (C=O) groups excluding carboxylic acids is 2. The third-order valence-electron chi connectivity index (χ3n) is 4.98. The Kier molecular flexibility index (Phi) is 8.24. The van der Waals surface area contributed by atoms with Gasteiger partial charge < -0.3 is 14.2 Å². The van der Waals surface area contributed by atoms with Gasteiger partial charge in [0, 0.05) is 19.5 Å². The van der Waals surface area contributed by atoms with E-state index in [-0.39, 0.29) is 30.1 Å². The number of nitrogens with zero attached hydrogens (tertiary/aromatic N) is 3. The Hall–Kier alpha value is -2.42. The number of thioether (sulfide) groups is 1. The number of benzene rings is 1. The quantitative estimate of drug-likeness (QED) is 0.556. The van der Waals surface area contributed by atoms with Gasteiger partial charge in [-0.2, -0.15) is 4.98 Å². The lowest BCUT2D eigenvalue weighted by Crippen LogP contribution is -2.43. The predicted octanol–water partition coefficient (Wildman–Crippen LogP) is 3.66. The normalized spacial score (nSPS) is 14.5. The Morgan fingerprint density at radius 2 is 1.97 bits per heavy atom. The number of esters is 1. The second-order valence-electron chi connectivity index (χ2n) is 7.32. The van der Waals surface area contributed by atoms with Gasteiger partial charge in [0.05, 0.1) is 11.5 Å². The summed E-state index contributed by atoms with van der Waals surface area (Å²) in [7, 11) is 0. The van der Waals surface area contributed by atoms with Crippen molar-refractivity contribution in [3.05, 3.63) is 47.4 Å². The Balaban J connectivity index is 1.50. The molecule has 0 saturated heterocycles. The van der Waals surface area contributed by atoms with E-state index < -0.39 is 5.97 Å². The molecule has 0 N–H and O–H groups in total. The zero-order valence-electron chi connectivity index (χ0n) is 17.0. The largest absolute Gasteiger partial charge is 0.455 e. The summed E-state index contributed by atoms with van der Waals surface area (Å²) in [6.07, 6.45) is 5.18. The van der Waals surface area contributed by atoms with Crippen LogP contribution in [0.5, 0.6) is 0 Å². The van der Waals surface area contributed by atoms with E-state index in [0.717, 1.165) is 31.2 Å². The first-order valence-electron chi connectivity index (χ1n) is 10.1. The van der Waals surface area contributed by atoms with Gasteiger partial charge in [0.2, 0.25) is 5.89 Å². The van der Waals surface area contributed by atoms with Crippen LogP contribution < -0.4 is 0 Å². The number of hydrogen-bond acceptors (Lipinski definition) is 7. The summed E-state index contributed by atoms with van der Waals surface area (Å²) in [5.74, 6) is 0.530. The topological polar surface area (TPSA) is 85.5 Å². The maximum Gasteiger partial charge on any atom is 0.316 e. The molecule has 0 bridgehead atoms. The molecule has 162 valence electrons. The molecule has 0 unspecified atom stereocenters. The minimum absolute atomic E-state index is 0.0995. The van der Waals surface area contributed by atoms with Crippen molar-refractivity contribution in [1.82, 2.24) is 15.0 Å². The van der Waals surface area contributed by atoms with E-state index in [4.69, 9.17) is 9.26 Å². The van der Waals surface area contributed by atoms with Gasteiger partial charge in [-0.05, 0) is 30.5 Å². The van der Waals surface area contributed by atoms with Gasteiger partial charge in [-0.1, -0.05) is 36.6 Å². The van der Waals surface area contributed by atoms with Crippen molar-refractivity contribution in [2.24, 2.45) is 0 Å². The van der Waals surface area contributed by atoms with E-state index in [0.29, 0.717) is 24.0 Å². The third kappa shape index (κ3) is 6.83. The first-order chi connectivity index (χ1) is 14.5. The Labute approximate surface area is 179 Å². The summed E-state index contributed by atoms with van der Waals surface area (Å²) in [4.78, 5) is 30.7. The summed E-state index contributed by atoms with van der Waals surface area (Å²) < 4.78 is 23.3. The number of carbonyl (C=O) groups is 2.